The predicted molar refractivity (Wildman–Crippen MR) is 150 cm³/mol. The Kier molecular flexibility index (Phi) is 7.20. The van der Waals surface area contributed by atoms with Gasteiger partial charge in [0.2, 0.25) is 6.29 Å². The lowest BCUT2D eigenvalue weighted by Gasteiger charge is -2.56. The minimum Gasteiger partial charge on any atom is -0.427 e. The van der Waals surface area contributed by atoms with Crippen LogP contribution in [0, 0.1) is 0 Å². The number of benzene rings is 3. The highest BCUT2D eigenvalue weighted by molar-refractivity contribution is 8.04. The minimum atomic E-state index is -0.905. The molecule has 2 aliphatic heterocycles. The van der Waals surface area contributed by atoms with Gasteiger partial charge in [0, 0.05) is 33.6 Å². The minimum absolute atomic E-state index is 0.0148. The van der Waals surface area contributed by atoms with Gasteiger partial charge in [0.15, 0.2) is 0 Å². The molecule has 0 radical (unpaired) electrons. The summed E-state index contributed by atoms with van der Waals surface area (Å²) in [7, 11) is 1.48. The molecule has 39 heavy (non-hydrogen) atoms. The first-order chi connectivity index (χ1) is 19.0. The average molecular weight is 559 g/mol. The van der Waals surface area contributed by atoms with E-state index in [1.807, 2.05) is 54.6 Å². The first kappa shape index (κ1) is 25.7. The van der Waals surface area contributed by atoms with Gasteiger partial charge in [-0.15, -0.1) is 23.5 Å². The number of β-lactam (4-membered cyclic amide) rings is 1. The Bertz CT molecular complexity index is 1420. The largest absolute Gasteiger partial charge is 0.427 e. The number of thioether (sulfide) groups is 2. The molecular weight excluding hydrogens is 532 g/mol. The molecule has 1 saturated carbocycles. The normalized spacial score (nSPS) is 24.0. The third-order valence-corrected chi connectivity index (χ3v) is 10.1. The van der Waals surface area contributed by atoms with Crippen LogP contribution < -0.4 is 5.32 Å². The number of nitrogens with one attached hydrogen (secondary N) is 1. The van der Waals surface area contributed by atoms with E-state index >= 15 is 0 Å². The van der Waals surface area contributed by atoms with Gasteiger partial charge in [-0.3, -0.25) is 14.5 Å². The van der Waals surface area contributed by atoms with E-state index in [2.05, 4.69) is 17.4 Å². The SMILES string of the molecule is COC(OC(=O)C1=C2C[C@H](Sc3ccccc3)[C@@H]2S[C@@H]2[C@H](NC(=O)c3ccccc3)C(=O)N12)c1ccccc1. The van der Waals surface area contributed by atoms with E-state index in [9.17, 15) is 14.4 Å². The van der Waals surface area contributed by atoms with Crippen molar-refractivity contribution in [3.8, 4) is 0 Å². The molecule has 3 aromatic carbocycles. The lowest BCUT2D eigenvalue weighted by Crippen LogP contribution is -2.72. The zero-order chi connectivity index (χ0) is 26.9. The van der Waals surface area contributed by atoms with Crippen molar-refractivity contribution in [1.82, 2.24) is 10.2 Å². The number of ether oxygens (including phenoxy) is 2. The fourth-order valence-electron chi connectivity index (χ4n) is 5.02. The molecule has 1 saturated heterocycles. The molecule has 1 unspecified atom stereocenters. The molecular formula is C30H26N2O5S2. The monoisotopic (exact) mass is 558 g/mol. The van der Waals surface area contributed by atoms with Crippen molar-refractivity contribution in [2.45, 2.75) is 39.5 Å². The molecule has 6 rings (SSSR count). The molecule has 1 aliphatic carbocycles. The van der Waals surface area contributed by atoms with Gasteiger partial charge in [-0.05, 0) is 36.3 Å². The number of carbonyl (C=O) groups is 3. The number of hydrogen-bond donors (Lipinski definition) is 1. The summed E-state index contributed by atoms with van der Waals surface area (Å²) in [6.07, 6.45) is -0.236. The van der Waals surface area contributed by atoms with E-state index in [1.54, 1.807) is 47.8 Å². The van der Waals surface area contributed by atoms with Crippen molar-refractivity contribution < 1.29 is 23.9 Å². The number of methoxy groups -OCH3 is 1. The highest BCUT2D eigenvalue weighted by atomic mass is 32.2. The van der Waals surface area contributed by atoms with Crippen molar-refractivity contribution in [3.05, 3.63) is 113 Å². The van der Waals surface area contributed by atoms with Crippen LogP contribution in [0.3, 0.4) is 0 Å². The van der Waals surface area contributed by atoms with Crippen LogP contribution in [0.4, 0.5) is 0 Å². The smallest absolute Gasteiger partial charge is 0.357 e. The fourth-order valence-corrected chi connectivity index (χ4v) is 8.21. The highest BCUT2D eigenvalue weighted by Gasteiger charge is 2.60. The summed E-state index contributed by atoms with van der Waals surface area (Å²) in [6, 6.07) is 27.4. The predicted octanol–water partition coefficient (Wildman–Crippen LogP) is 4.78. The maximum atomic E-state index is 13.6. The summed E-state index contributed by atoms with van der Waals surface area (Å²) in [4.78, 5) is 42.5. The zero-order valence-electron chi connectivity index (χ0n) is 21.1. The van der Waals surface area contributed by atoms with E-state index in [-0.39, 0.29) is 28.0 Å². The second-order valence-electron chi connectivity index (χ2n) is 9.40. The van der Waals surface area contributed by atoms with E-state index in [4.69, 9.17) is 9.47 Å². The van der Waals surface area contributed by atoms with Crippen LogP contribution in [-0.2, 0) is 19.1 Å². The molecule has 1 N–H and O–H groups in total. The Labute approximate surface area is 234 Å². The number of fused-ring (bicyclic) bond motifs is 2. The number of amides is 2. The molecule has 7 nitrogen and oxygen atoms in total. The maximum Gasteiger partial charge on any atom is 0.357 e. The number of hydrogen-bond acceptors (Lipinski definition) is 7. The maximum absolute atomic E-state index is 13.6. The van der Waals surface area contributed by atoms with E-state index in [0.29, 0.717) is 17.5 Å². The third kappa shape index (κ3) is 4.86. The summed E-state index contributed by atoms with van der Waals surface area (Å²) in [5.74, 6) is -1.23. The standard InChI is InChI=1S/C30H26N2O5S2/c1-36-30(19-13-7-3-8-14-19)37-29(35)24-21-17-22(38-20-15-9-4-10-16-20)25(21)39-28-23(27(34)32(24)28)31-26(33)18-11-5-2-6-12-18/h2-16,22-23,25,28,30H,17H2,1H3,(H,31,33)/t22-,23+,25+,28+,30?/m0/s1. The summed E-state index contributed by atoms with van der Waals surface area (Å²) >= 11 is 3.38. The van der Waals surface area contributed by atoms with Gasteiger partial charge in [-0.1, -0.05) is 66.7 Å². The quantitative estimate of drug-likeness (QED) is 0.242. The van der Waals surface area contributed by atoms with Crippen molar-refractivity contribution in [2.75, 3.05) is 7.11 Å². The van der Waals surface area contributed by atoms with Crippen molar-refractivity contribution in [2.24, 2.45) is 0 Å². The van der Waals surface area contributed by atoms with Crippen molar-refractivity contribution >= 4 is 41.3 Å². The first-order valence-electron chi connectivity index (χ1n) is 12.6. The summed E-state index contributed by atoms with van der Waals surface area (Å²) in [6.45, 7) is 0. The number of esters is 1. The van der Waals surface area contributed by atoms with Crippen LogP contribution >= 0.6 is 23.5 Å². The van der Waals surface area contributed by atoms with Gasteiger partial charge in [-0.25, -0.2) is 4.79 Å². The van der Waals surface area contributed by atoms with E-state index in [1.165, 1.54) is 12.0 Å². The van der Waals surface area contributed by atoms with Crippen LogP contribution in [0.5, 0.6) is 0 Å². The molecule has 198 valence electrons. The Morgan fingerprint density at radius 2 is 1.62 bits per heavy atom. The van der Waals surface area contributed by atoms with Gasteiger partial charge in [0.1, 0.15) is 17.1 Å². The Morgan fingerprint density at radius 3 is 2.28 bits per heavy atom. The molecule has 9 heteroatoms. The van der Waals surface area contributed by atoms with Gasteiger partial charge in [-0.2, -0.15) is 0 Å². The summed E-state index contributed by atoms with van der Waals surface area (Å²) in [5.41, 5.74) is 2.36. The van der Waals surface area contributed by atoms with Crippen LogP contribution in [0.2, 0.25) is 0 Å². The van der Waals surface area contributed by atoms with Crippen molar-refractivity contribution in [1.29, 1.82) is 0 Å². The van der Waals surface area contributed by atoms with Gasteiger partial charge >= 0.3 is 5.97 Å². The Balaban J connectivity index is 1.26. The van der Waals surface area contributed by atoms with Crippen molar-refractivity contribution in [3.63, 3.8) is 0 Å². The van der Waals surface area contributed by atoms with Crippen LogP contribution in [0.15, 0.2) is 107 Å². The summed E-state index contributed by atoms with van der Waals surface area (Å²) < 4.78 is 11.3. The first-order valence-corrected chi connectivity index (χ1v) is 14.5. The molecule has 5 atom stereocenters. The van der Waals surface area contributed by atoms with E-state index in [0.717, 1.165) is 10.5 Å². The average Bonchev–Trinajstić information content (AvgIpc) is 2.98. The number of rotatable bonds is 8. The summed E-state index contributed by atoms with van der Waals surface area (Å²) in [5, 5.41) is 2.72. The number of nitrogens with zero attached hydrogens (tertiary/aromatic N) is 1. The van der Waals surface area contributed by atoms with Gasteiger partial charge < -0.3 is 14.8 Å². The second kappa shape index (κ2) is 10.9. The molecule has 2 fully saturated rings. The van der Waals surface area contributed by atoms with Crippen LogP contribution in [0.1, 0.15) is 28.6 Å². The van der Waals surface area contributed by atoms with Gasteiger partial charge in [0.05, 0.1) is 0 Å². The Hall–Kier alpha value is -3.53. The molecule has 0 spiro atoms. The molecule has 2 amide bonds. The molecule has 0 bridgehead atoms. The Morgan fingerprint density at radius 1 is 0.974 bits per heavy atom. The highest BCUT2D eigenvalue weighted by Crippen LogP contribution is 2.56. The number of carbonyl (C=O) groups excluding carboxylic acids is 3. The van der Waals surface area contributed by atoms with Gasteiger partial charge in [0.25, 0.3) is 11.8 Å². The topological polar surface area (TPSA) is 84.9 Å². The molecule has 0 aromatic heterocycles. The lowest BCUT2D eigenvalue weighted by atomic mass is 9.86. The van der Waals surface area contributed by atoms with E-state index < -0.39 is 23.7 Å². The van der Waals surface area contributed by atoms with Crippen LogP contribution in [-0.4, -0.2) is 51.7 Å². The molecule has 2 heterocycles. The third-order valence-electron chi connectivity index (χ3n) is 7.02. The van der Waals surface area contributed by atoms with Crippen LogP contribution in [0.25, 0.3) is 0 Å². The lowest BCUT2D eigenvalue weighted by molar-refractivity contribution is -0.175. The molecule has 3 aliphatic rings. The fraction of sp³-hybridized carbons (Fsp3) is 0.233. The zero-order valence-corrected chi connectivity index (χ0v) is 22.7. The second-order valence-corrected chi connectivity index (χ2v) is 12.0. The molecule has 3 aromatic rings.